The minimum absolute atomic E-state index is 0.0894. The molecule has 0 aliphatic heterocycles. The predicted octanol–water partition coefficient (Wildman–Crippen LogP) is 3.81. The normalized spacial score (nSPS) is 15.1. The Bertz CT molecular complexity index is 429. The van der Waals surface area contributed by atoms with Crippen LogP contribution in [0.5, 0.6) is 5.75 Å². The Morgan fingerprint density at radius 3 is 2.21 bits per heavy atom. The molecule has 1 aromatic carbocycles. The molecule has 0 aliphatic rings. The minimum atomic E-state index is -4.70. The number of hydrogen-bond acceptors (Lipinski definition) is 2. The van der Waals surface area contributed by atoms with Gasteiger partial charge >= 0.3 is 6.18 Å². The molecule has 0 fully saturated rings. The van der Waals surface area contributed by atoms with Crippen LogP contribution in [0, 0.1) is 0 Å². The first-order valence-electron chi connectivity index (χ1n) is 6.35. The molecular formula is C14H19F3O2. The number of ether oxygens (including phenoxy) is 1. The van der Waals surface area contributed by atoms with E-state index >= 15 is 0 Å². The first-order chi connectivity index (χ1) is 8.80. The Morgan fingerprint density at radius 2 is 1.79 bits per heavy atom. The molecule has 0 radical (unpaired) electrons. The van der Waals surface area contributed by atoms with Gasteiger partial charge in [0.1, 0.15) is 5.75 Å². The first kappa shape index (κ1) is 15.8. The second-order valence-corrected chi connectivity index (χ2v) is 4.32. The second-order valence-electron chi connectivity index (χ2n) is 4.32. The van der Waals surface area contributed by atoms with Gasteiger partial charge in [-0.2, -0.15) is 13.2 Å². The maximum atomic E-state index is 13.1. The molecule has 5 heteroatoms. The summed E-state index contributed by atoms with van der Waals surface area (Å²) in [7, 11) is 0. The molecule has 0 aliphatic carbocycles. The van der Waals surface area contributed by atoms with Crippen LogP contribution in [0.15, 0.2) is 18.2 Å². The summed E-state index contributed by atoms with van der Waals surface area (Å²) in [5.41, 5.74) is -2.44. The molecule has 0 saturated heterocycles. The maximum Gasteiger partial charge on any atom is 0.421 e. The highest BCUT2D eigenvalue weighted by Crippen LogP contribution is 2.43. The van der Waals surface area contributed by atoms with Crippen LogP contribution in [-0.4, -0.2) is 17.9 Å². The van der Waals surface area contributed by atoms with Crippen molar-refractivity contribution in [2.24, 2.45) is 0 Å². The lowest BCUT2D eigenvalue weighted by molar-refractivity contribution is -0.268. The van der Waals surface area contributed by atoms with E-state index in [1.807, 2.05) is 0 Å². The molecule has 0 bridgehead atoms. The first-order valence-corrected chi connectivity index (χ1v) is 6.35. The lowest BCUT2D eigenvalue weighted by atomic mass is 9.86. The summed E-state index contributed by atoms with van der Waals surface area (Å²) >= 11 is 0. The van der Waals surface area contributed by atoms with Crippen molar-refractivity contribution in [1.29, 1.82) is 0 Å². The van der Waals surface area contributed by atoms with Crippen molar-refractivity contribution in [2.75, 3.05) is 6.61 Å². The van der Waals surface area contributed by atoms with E-state index in [2.05, 4.69) is 0 Å². The Kier molecular flexibility index (Phi) is 4.85. The van der Waals surface area contributed by atoms with Crippen LogP contribution in [0.2, 0.25) is 0 Å². The number of hydrogen-bond donors (Lipinski definition) is 1. The van der Waals surface area contributed by atoms with Crippen LogP contribution in [0.4, 0.5) is 13.2 Å². The van der Waals surface area contributed by atoms with Crippen molar-refractivity contribution in [2.45, 2.75) is 45.4 Å². The third-order valence-electron chi connectivity index (χ3n) is 3.19. The average Bonchev–Trinajstić information content (AvgIpc) is 2.36. The van der Waals surface area contributed by atoms with E-state index in [0.717, 1.165) is 0 Å². The van der Waals surface area contributed by atoms with Crippen molar-refractivity contribution in [3.63, 3.8) is 0 Å². The molecule has 2 nitrogen and oxygen atoms in total. The summed E-state index contributed by atoms with van der Waals surface area (Å²) in [6, 6.07) is 4.33. The summed E-state index contributed by atoms with van der Waals surface area (Å²) in [6.07, 6.45) is -4.72. The molecule has 0 heterocycles. The van der Waals surface area contributed by atoms with Crippen molar-refractivity contribution >= 4 is 0 Å². The Labute approximate surface area is 111 Å². The molecule has 1 atom stereocenters. The van der Waals surface area contributed by atoms with E-state index in [9.17, 15) is 18.3 Å². The number of rotatable bonds is 5. The molecular weight excluding hydrogens is 257 g/mol. The number of benzene rings is 1. The highest BCUT2D eigenvalue weighted by molar-refractivity contribution is 5.40. The fourth-order valence-electron chi connectivity index (χ4n) is 2.07. The van der Waals surface area contributed by atoms with Crippen LogP contribution in [0.25, 0.3) is 0 Å². The SMILES string of the molecule is CCOc1ccc(C(O)(CC)C(F)(F)F)c(CC)c1. The summed E-state index contributed by atoms with van der Waals surface area (Å²) in [5.74, 6) is 0.517. The van der Waals surface area contributed by atoms with E-state index in [-0.39, 0.29) is 5.56 Å². The molecule has 1 aromatic rings. The van der Waals surface area contributed by atoms with Gasteiger partial charge in [-0.1, -0.05) is 19.9 Å². The zero-order valence-electron chi connectivity index (χ0n) is 11.3. The minimum Gasteiger partial charge on any atom is -0.494 e. The lowest BCUT2D eigenvalue weighted by Gasteiger charge is -2.31. The van der Waals surface area contributed by atoms with Crippen LogP contribution in [0.1, 0.15) is 38.3 Å². The number of halogens is 3. The highest BCUT2D eigenvalue weighted by atomic mass is 19.4. The number of alkyl halides is 3. The van der Waals surface area contributed by atoms with Crippen LogP contribution < -0.4 is 4.74 Å². The van der Waals surface area contributed by atoms with Crippen molar-refractivity contribution in [3.05, 3.63) is 29.3 Å². The van der Waals surface area contributed by atoms with Gasteiger partial charge in [-0.05, 0) is 43.0 Å². The van der Waals surface area contributed by atoms with E-state index in [4.69, 9.17) is 4.74 Å². The van der Waals surface area contributed by atoms with Crippen molar-refractivity contribution in [1.82, 2.24) is 0 Å². The summed E-state index contributed by atoms with van der Waals surface area (Å²) in [4.78, 5) is 0. The molecule has 108 valence electrons. The zero-order valence-corrected chi connectivity index (χ0v) is 11.3. The molecule has 0 amide bonds. The van der Waals surface area contributed by atoms with Gasteiger partial charge in [0.25, 0.3) is 0 Å². The molecule has 0 spiro atoms. The molecule has 1 unspecified atom stereocenters. The fourth-order valence-corrected chi connectivity index (χ4v) is 2.07. The highest BCUT2D eigenvalue weighted by Gasteiger charge is 2.54. The van der Waals surface area contributed by atoms with E-state index in [0.29, 0.717) is 24.3 Å². The summed E-state index contributed by atoms with van der Waals surface area (Å²) < 4.78 is 44.5. The lowest BCUT2D eigenvalue weighted by Crippen LogP contribution is -2.42. The smallest absolute Gasteiger partial charge is 0.421 e. The third-order valence-corrected chi connectivity index (χ3v) is 3.19. The molecule has 1 rings (SSSR count). The predicted molar refractivity (Wildman–Crippen MR) is 67.2 cm³/mol. The van der Waals surface area contributed by atoms with E-state index < -0.39 is 18.2 Å². The van der Waals surface area contributed by atoms with Gasteiger partial charge < -0.3 is 9.84 Å². The van der Waals surface area contributed by atoms with Crippen molar-refractivity contribution in [3.8, 4) is 5.75 Å². The van der Waals surface area contributed by atoms with Gasteiger partial charge in [0, 0.05) is 0 Å². The van der Waals surface area contributed by atoms with Crippen LogP contribution in [-0.2, 0) is 12.0 Å². The Balaban J connectivity index is 3.32. The maximum absolute atomic E-state index is 13.1. The van der Waals surface area contributed by atoms with Gasteiger partial charge in [0.15, 0.2) is 5.60 Å². The van der Waals surface area contributed by atoms with Gasteiger partial charge in [-0.25, -0.2) is 0 Å². The van der Waals surface area contributed by atoms with Gasteiger partial charge in [0.2, 0.25) is 0 Å². The average molecular weight is 276 g/mol. The largest absolute Gasteiger partial charge is 0.494 e. The van der Waals surface area contributed by atoms with E-state index in [1.54, 1.807) is 19.9 Å². The summed E-state index contributed by atoms with van der Waals surface area (Å²) in [5, 5.41) is 9.99. The quantitative estimate of drug-likeness (QED) is 0.886. The summed E-state index contributed by atoms with van der Waals surface area (Å²) in [6.45, 7) is 5.32. The number of aryl methyl sites for hydroxylation is 1. The van der Waals surface area contributed by atoms with Crippen molar-refractivity contribution < 1.29 is 23.0 Å². The third kappa shape index (κ3) is 3.03. The zero-order chi connectivity index (χ0) is 14.7. The molecule has 1 N–H and O–H groups in total. The fraction of sp³-hybridized carbons (Fsp3) is 0.571. The standard InChI is InChI=1S/C14H19F3O2/c1-4-10-9-11(19-6-3)7-8-12(10)13(18,5-2)14(15,16)17/h7-9,18H,4-6H2,1-3H3. The van der Waals surface area contributed by atoms with Crippen LogP contribution in [0.3, 0.4) is 0 Å². The van der Waals surface area contributed by atoms with Gasteiger partial charge in [0.05, 0.1) is 6.61 Å². The van der Waals surface area contributed by atoms with Gasteiger partial charge in [-0.3, -0.25) is 0 Å². The Hall–Kier alpha value is -1.23. The van der Waals surface area contributed by atoms with Gasteiger partial charge in [-0.15, -0.1) is 0 Å². The van der Waals surface area contributed by atoms with E-state index in [1.165, 1.54) is 19.1 Å². The van der Waals surface area contributed by atoms with Crippen LogP contribution >= 0.6 is 0 Å². The molecule has 0 saturated carbocycles. The molecule has 0 aromatic heterocycles. The topological polar surface area (TPSA) is 29.5 Å². The number of aliphatic hydroxyl groups is 1. The Morgan fingerprint density at radius 1 is 1.16 bits per heavy atom. The second kappa shape index (κ2) is 5.82. The molecule has 19 heavy (non-hydrogen) atoms. The monoisotopic (exact) mass is 276 g/mol.